The van der Waals surface area contributed by atoms with E-state index >= 15 is 0 Å². The Bertz CT molecular complexity index is 638. The maximum atomic E-state index is 10.8. The van der Waals surface area contributed by atoms with E-state index in [0.29, 0.717) is 30.1 Å². The summed E-state index contributed by atoms with van der Waals surface area (Å²) in [7, 11) is 1.51. The summed E-state index contributed by atoms with van der Waals surface area (Å²) in [6.45, 7) is 2.26. The highest BCUT2D eigenvalue weighted by Crippen LogP contribution is 2.25. The zero-order valence-corrected chi connectivity index (χ0v) is 11.2. The van der Waals surface area contributed by atoms with Crippen molar-refractivity contribution in [2.75, 3.05) is 12.8 Å². The van der Waals surface area contributed by atoms with Crippen LogP contribution in [0.3, 0.4) is 0 Å². The molecule has 0 radical (unpaired) electrons. The number of nitro benzene ring substituents is 1. The number of aromatic nitrogens is 3. The van der Waals surface area contributed by atoms with Crippen LogP contribution in [0.2, 0.25) is 0 Å². The fourth-order valence-corrected chi connectivity index (χ4v) is 2.00. The Balaban J connectivity index is 2.40. The maximum Gasteiger partial charge on any atom is 0.270 e. The molecule has 2 rings (SSSR count). The van der Waals surface area contributed by atoms with E-state index in [9.17, 15) is 10.1 Å². The van der Waals surface area contributed by atoms with Gasteiger partial charge in [-0.2, -0.15) is 0 Å². The third-order valence-corrected chi connectivity index (χ3v) is 3.00. The summed E-state index contributed by atoms with van der Waals surface area (Å²) in [6, 6.07) is 4.44. The fourth-order valence-electron chi connectivity index (χ4n) is 2.00. The Morgan fingerprint density at radius 3 is 2.85 bits per heavy atom. The number of ether oxygens (including phenoxy) is 1. The van der Waals surface area contributed by atoms with Gasteiger partial charge in [0.25, 0.3) is 5.69 Å². The molecule has 0 aliphatic heterocycles. The third-order valence-electron chi connectivity index (χ3n) is 3.00. The van der Waals surface area contributed by atoms with Crippen LogP contribution in [0.15, 0.2) is 18.2 Å². The summed E-state index contributed by atoms with van der Waals surface area (Å²) in [5.74, 6) is 0.934. The van der Waals surface area contributed by atoms with Crippen LogP contribution in [0.25, 0.3) is 0 Å². The molecule has 0 aliphatic carbocycles. The first-order valence-electron chi connectivity index (χ1n) is 6.06. The Hall–Kier alpha value is -2.64. The van der Waals surface area contributed by atoms with E-state index in [2.05, 4.69) is 10.3 Å². The predicted octanol–water partition coefficient (Wildman–Crippen LogP) is 1.39. The predicted molar refractivity (Wildman–Crippen MR) is 72.6 cm³/mol. The molecule has 20 heavy (non-hydrogen) atoms. The van der Waals surface area contributed by atoms with Gasteiger partial charge in [0.05, 0.1) is 24.3 Å². The quantitative estimate of drug-likeness (QED) is 0.653. The van der Waals surface area contributed by atoms with Crippen LogP contribution in [0.5, 0.6) is 5.75 Å². The molecule has 2 N–H and O–H groups in total. The molecule has 2 aromatic rings. The first-order chi connectivity index (χ1) is 9.56. The van der Waals surface area contributed by atoms with Crippen molar-refractivity contribution in [3.05, 3.63) is 39.6 Å². The molecule has 0 saturated heterocycles. The van der Waals surface area contributed by atoms with Crippen molar-refractivity contribution in [1.82, 2.24) is 15.0 Å². The second kappa shape index (κ2) is 5.55. The van der Waals surface area contributed by atoms with Crippen LogP contribution < -0.4 is 10.5 Å². The lowest BCUT2D eigenvalue weighted by Gasteiger charge is -2.09. The Morgan fingerprint density at radius 2 is 2.25 bits per heavy atom. The van der Waals surface area contributed by atoms with Gasteiger partial charge in [-0.15, -0.1) is 5.10 Å². The standard InChI is InChI=1S/C12H15N5O3/c1-3-10-12(13)14-15-16(10)7-8-6-9(17(18)19)4-5-11(8)20-2/h4-6H,3,7,13H2,1-2H3. The number of nitrogens with two attached hydrogens (primary N) is 1. The molecular weight excluding hydrogens is 262 g/mol. The zero-order chi connectivity index (χ0) is 14.7. The minimum absolute atomic E-state index is 0.00642. The minimum Gasteiger partial charge on any atom is -0.496 e. The van der Waals surface area contributed by atoms with Crippen LogP contribution in [-0.2, 0) is 13.0 Å². The van der Waals surface area contributed by atoms with Crippen LogP contribution in [-0.4, -0.2) is 27.0 Å². The van der Waals surface area contributed by atoms with Crippen LogP contribution in [0.1, 0.15) is 18.2 Å². The second-order valence-electron chi connectivity index (χ2n) is 4.19. The topological polar surface area (TPSA) is 109 Å². The lowest BCUT2D eigenvalue weighted by Crippen LogP contribution is -2.08. The molecule has 0 amide bonds. The van der Waals surface area contributed by atoms with Gasteiger partial charge in [-0.25, -0.2) is 4.68 Å². The van der Waals surface area contributed by atoms with E-state index in [1.165, 1.54) is 19.2 Å². The monoisotopic (exact) mass is 277 g/mol. The van der Waals surface area contributed by atoms with Gasteiger partial charge in [0.2, 0.25) is 0 Å². The summed E-state index contributed by atoms with van der Waals surface area (Å²) < 4.78 is 6.84. The van der Waals surface area contributed by atoms with Gasteiger partial charge in [-0.3, -0.25) is 10.1 Å². The lowest BCUT2D eigenvalue weighted by molar-refractivity contribution is -0.384. The first-order valence-corrected chi connectivity index (χ1v) is 6.06. The second-order valence-corrected chi connectivity index (χ2v) is 4.19. The number of hydrogen-bond acceptors (Lipinski definition) is 6. The lowest BCUT2D eigenvalue weighted by atomic mass is 10.1. The highest BCUT2D eigenvalue weighted by molar-refractivity contribution is 5.44. The summed E-state index contributed by atoms with van der Waals surface area (Å²) in [5, 5.41) is 18.6. The maximum absolute atomic E-state index is 10.8. The van der Waals surface area contributed by atoms with E-state index < -0.39 is 4.92 Å². The number of nitrogens with zero attached hydrogens (tertiary/aromatic N) is 4. The molecule has 8 heteroatoms. The van der Waals surface area contributed by atoms with Gasteiger partial charge in [0.15, 0.2) is 5.82 Å². The van der Waals surface area contributed by atoms with Crippen molar-refractivity contribution in [3.63, 3.8) is 0 Å². The van der Waals surface area contributed by atoms with Crippen molar-refractivity contribution < 1.29 is 9.66 Å². The third kappa shape index (κ3) is 2.53. The summed E-state index contributed by atoms with van der Waals surface area (Å²) in [4.78, 5) is 10.4. The highest BCUT2D eigenvalue weighted by Gasteiger charge is 2.15. The Kier molecular flexibility index (Phi) is 3.83. The molecule has 1 heterocycles. The van der Waals surface area contributed by atoms with Crippen LogP contribution >= 0.6 is 0 Å². The summed E-state index contributed by atoms with van der Waals surface area (Å²) >= 11 is 0. The number of methoxy groups -OCH3 is 1. The summed E-state index contributed by atoms with van der Waals surface area (Å²) in [6.07, 6.45) is 0.677. The molecule has 8 nitrogen and oxygen atoms in total. The first kappa shape index (κ1) is 13.8. The smallest absolute Gasteiger partial charge is 0.270 e. The average Bonchev–Trinajstić information content (AvgIpc) is 2.78. The number of anilines is 1. The fraction of sp³-hybridized carbons (Fsp3) is 0.333. The molecule has 0 fully saturated rings. The van der Waals surface area contributed by atoms with Crippen molar-refractivity contribution in [2.45, 2.75) is 19.9 Å². The van der Waals surface area contributed by atoms with Crippen LogP contribution in [0, 0.1) is 10.1 Å². The average molecular weight is 277 g/mol. The van der Waals surface area contributed by atoms with E-state index in [4.69, 9.17) is 10.5 Å². The van der Waals surface area contributed by atoms with Crippen molar-refractivity contribution in [3.8, 4) is 5.75 Å². The van der Waals surface area contributed by atoms with Gasteiger partial charge in [0, 0.05) is 17.7 Å². The van der Waals surface area contributed by atoms with E-state index in [0.717, 1.165) is 5.69 Å². The number of rotatable bonds is 5. The minimum atomic E-state index is -0.445. The molecule has 0 aliphatic rings. The normalized spacial score (nSPS) is 10.5. The number of hydrogen-bond donors (Lipinski definition) is 1. The van der Waals surface area contributed by atoms with Gasteiger partial charge in [-0.1, -0.05) is 12.1 Å². The molecule has 0 spiro atoms. The number of nitro groups is 1. The molecular formula is C12H15N5O3. The Labute approximate surface area is 115 Å². The van der Waals surface area contributed by atoms with Gasteiger partial charge < -0.3 is 10.5 Å². The van der Waals surface area contributed by atoms with Gasteiger partial charge >= 0.3 is 0 Å². The number of nitrogen functional groups attached to an aromatic ring is 1. The molecule has 0 unspecified atom stereocenters. The van der Waals surface area contributed by atoms with E-state index in [1.807, 2.05) is 6.92 Å². The van der Waals surface area contributed by atoms with Gasteiger partial charge in [-0.05, 0) is 12.5 Å². The molecule has 106 valence electrons. The van der Waals surface area contributed by atoms with Crippen LogP contribution in [0.4, 0.5) is 11.5 Å². The SMILES string of the molecule is CCc1c(N)nnn1Cc1cc([N+](=O)[O-])ccc1OC. The largest absolute Gasteiger partial charge is 0.496 e. The molecule has 0 saturated carbocycles. The summed E-state index contributed by atoms with van der Waals surface area (Å²) in [5.41, 5.74) is 7.17. The van der Waals surface area contributed by atoms with Crippen molar-refractivity contribution in [2.24, 2.45) is 0 Å². The number of benzene rings is 1. The zero-order valence-electron chi connectivity index (χ0n) is 11.2. The van der Waals surface area contributed by atoms with E-state index in [-0.39, 0.29) is 5.69 Å². The number of non-ortho nitro benzene ring substituents is 1. The molecule has 0 bridgehead atoms. The molecule has 0 atom stereocenters. The Morgan fingerprint density at radius 1 is 1.50 bits per heavy atom. The van der Waals surface area contributed by atoms with Crippen molar-refractivity contribution >= 4 is 11.5 Å². The molecule has 1 aromatic carbocycles. The van der Waals surface area contributed by atoms with Crippen molar-refractivity contribution in [1.29, 1.82) is 0 Å². The van der Waals surface area contributed by atoms with E-state index in [1.54, 1.807) is 10.7 Å². The van der Waals surface area contributed by atoms with Gasteiger partial charge in [0.1, 0.15) is 5.75 Å². The highest BCUT2D eigenvalue weighted by atomic mass is 16.6. The molecule has 1 aromatic heterocycles.